The van der Waals surface area contributed by atoms with Gasteiger partial charge >= 0.3 is 0 Å². The molecule has 0 aliphatic carbocycles. The lowest BCUT2D eigenvalue weighted by Crippen LogP contribution is -2.38. The Morgan fingerprint density at radius 2 is 2.05 bits per heavy atom. The summed E-state index contributed by atoms with van der Waals surface area (Å²) in [6.07, 6.45) is 0.253. The van der Waals surface area contributed by atoms with Crippen molar-refractivity contribution in [3.05, 3.63) is 29.8 Å². The molecule has 2 rings (SSSR count). The first kappa shape index (κ1) is 14.3. The molecule has 0 bridgehead atoms. The van der Waals surface area contributed by atoms with Gasteiger partial charge in [0.2, 0.25) is 0 Å². The minimum absolute atomic E-state index is 0.445. The third-order valence-corrected chi connectivity index (χ3v) is 3.43. The smallest absolute Gasteiger partial charge is 0.125 e. The van der Waals surface area contributed by atoms with Crippen molar-refractivity contribution in [2.24, 2.45) is 0 Å². The minimum Gasteiger partial charge on any atom is -0.492 e. The van der Waals surface area contributed by atoms with Gasteiger partial charge in [-0.3, -0.25) is 4.90 Å². The van der Waals surface area contributed by atoms with Gasteiger partial charge in [0.05, 0.1) is 19.3 Å². The summed E-state index contributed by atoms with van der Waals surface area (Å²) in [7, 11) is 0. The highest BCUT2D eigenvalue weighted by Crippen LogP contribution is 2.26. The average molecular weight is 265 g/mol. The molecule has 4 nitrogen and oxygen atoms in total. The second-order valence-electron chi connectivity index (χ2n) is 4.76. The van der Waals surface area contributed by atoms with Crippen molar-refractivity contribution in [3.63, 3.8) is 0 Å². The average Bonchev–Trinajstić information content (AvgIpc) is 2.48. The zero-order valence-electron chi connectivity index (χ0n) is 11.5. The van der Waals surface area contributed by atoms with Gasteiger partial charge in [0.1, 0.15) is 12.4 Å². The summed E-state index contributed by atoms with van der Waals surface area (Å²) < 4.78 is 11.1. The number of aliphatic hydroxyl groups is 1. The summed E-state index contributed by atoms with van der Waals surface area (Å²) in [5.41, 5.74) is 0.881. The Balaban J connectivity index is 1.84. The summed E-state index contributed by atoms with van der Waals surface area (Å²) in [5, 5.41) is 9.95. The van der Waals surface area contributed by atoms with E-state index in [1.807, 2.05) is 31.2 Å². The number of hydrogen-bond donors (Lipinski definition) is 1. The first-order chi connectivity index (χ1) is 9.31. The van der Waals surface area contributed by atoms with Crippen LogP contribution in [0.5, 0.6) is 5.75 Å². The van der Waals surface area contributed by atoms with Crippen LogP contribution in [-0.2, 0) is 4.74 Å². The number of para-hydroxylation sites is 1. The van der Waals surface area contributed by atoms with Crippen LogP contribution in [0, 0.1) is 0 Å². The molecule has 1 aromatic rings. The quantitative estimate of drug-likeness (QED) is 0.852. The maximum atomic E-state index is 9.95. The molecule has 1 N–H and O–H groups in total. The number of rotatable bonds is 6. The van der Waals surface area contributed by atoms with E-state index in [2.05, 4.69) is 4.90 Å². The predicted octanol–water partition coefficient (Wildman–Crippen LogP) is 1.84. The first-order valence-electron chi connectivity index (χ1n) is 7.01. The van der Waals surface area contributed by atoms with Crippen LogP contribution in [0.3, 0.4) is 0 Å². The van der Waals surface area contributed by atoms with Gasteiger partial charge in [-0.2, -0.15) is 0 Å². The predicted molar refractivity (Wildman–Crippen MR) is 74.4 cm³/mol. The van der Waals surface area contributed by atoms with Crippen molar-refractivity contribution in [3.8, 4) is 5.75 Å². The first-order valence-corrected chi connectivity index (χ1v) is 7.01. The number of aliphatic hydroxyl groups excluding tert-OH is 1. The molecule has 0 aromatic heterocycles. The maximum Gasteiger partial charge on any atom is 0.125 e. The van der Waals surface area contributed by atoms with E-state index in [1.165, 1.54) is 0 Å². The van der Waals surface area contributed by atoms with Crippen molar-refractivity contribution >= 4 is 0 Å². The van der Waals surface area contributed by atoms with E-state index < -0.39 is 6.10 Å². The molecule has 0 radical (unpaired) electrons. The van der Waals surface area contributed by atoms with Crippen molar-refractivity contribution in [1.82, 2.24) is 4.90 Å². The molecule has 1 saturated heterocycles. The van der Waals surface area contributed by atoms with Gasteiger partial charge in [-0.25, -0.2) is 0 Å². The summed E-state index contributed by atoms with van der Waals surface area (Å²) in [4.78, 5) is 2.34. The molecule has 1 heterocycles. The van der Waals surface area contributed by atoms with Crippen molar-refractivity contribution < 1.29 is 14.6 Å². The van der Waals surface area contributed by atoms with Crippen molar-refractivity contribution in [1.29, 1.82) is 0 Å². The molecular weight excluding hydrogens is 242 g/mol. The molecule has 106 valence electrons. The second-order valence-corrected chi connectivity index (χ2v) is 4.76. The van der Waals surface area contributed by atoms with Crippen LogP contribution in [0.25, 0.3) is 0 Å². The van der Waals surface area contributed by atoms with Crippen LogP contribution in [0.1, 0.15) is 25.0 Å². The summed E-state index contributed by atoms with van der Waals surface area (Å²) >= 11 is 0. The fourth-order valence-electron chi connectivity index (χ4n) is 2.22. The standard InChI is InChI=1S/C15H23NO3/c1-2-14(17)13-5-3-4-6-15(13)19-12-9-16-7-10-18-11-8-16/h3-6,14,17H,2,7-12H2,1H3/t14-/m1/s1. The number of hydrogen-bond acceptors (Lipinski definition) is 4. The molecule has 0 unspecified atom stereocenters. The van der Waals surface area contributed by atoms with Gasteiger partial charge in [0, 0.05) is 25.2 Å². The zero-order valence-corrected chi connectivity index (χ0v) is 11.5. The summed E-state index contributed by atoms with van der Waals surface area (Å²) in [6.45, 7) is 7.09. The van der Waals surface area contributed by atoms with Crippen LogP contribution in [0.2, 0.25) is 0 Å². The zero-order chi connectivity index (χ0) is 13.5. The van der Waals surface area contributed by atoms with Gasteiger partial charge < -0.3 is 14.6 Å². The fraction of sp³-hybridized carbons (Fsp3) is 0.600. The highest BCUT2D eigenvalue weighted by atomic mass is 16.5. The Morgan fingerprint density at radius 3 is 2.79 bits per heavy atom. The molecule has 0 spiro atoms. The van der Waals surface area contributed by atoms with Crippen LogP contribution in [-0.4, -0.2) is 49.5 Å². The van der Waals surface area contributed by atoms with Crippen LogP contribution in [0.15, 0.2) is 24.3 Å². The minimum atomic E-state index is -0.445. The van der Waals surface area contributed by atoms with Gasteiger partial charge in [-0.15, -0.1) is 0 Å². The largest absolute Gasteiger partial charge is 0.492 e. The van der Waals surface area contributed by atoms with E-state index in [-0.39, 0.29) is 0 Å². The van der Waals surface area contributed by atoms with E-state index in [0.717, 1.165) is 44.2 Å². The highest BCUT2D eigenvalue weighted by Gasteiger charge is 2.13. The van der Waals surface area contributed by atoms with Crippen molar-refractivity contribution in [2.45, 2.75) is 19.4 Å². The summed E-state index contributed by atoms with van der Waals surface area (Å²) in [5.74, 6) is 0.796. The third kappa shape index (κ3) is 4.20. The molecule has 0 saturated carbocycles. The molecule has 19 heavy (non-hydrogen) atoms. The van der Waals surface area contributed by atoms with Gasteiger partial charge in [0.15, 0.2) is 0 Å². The topological polar surface area (TPSA) is 41.9 Å². The van der Waals surface area contributed by atoms with E-state index in [4.69, 9.17) is 9.47 Å². The molecular formula is C15H23NO3. The lowest BCUT2D eigenvalue weighted by Gasteiger charge is -2.26. The van der Waals surface area contributed by atoms with Crippen molar-refractivity contribution in [2.75, 3.05) is 39.5 Å². The Kier molecular flexibility index (Phi) is 5.63. The Morgan fingerprint density at radius 1 is 1.32 bits per heavy atom. The van der Waals surface area contributed by atoms with Crippen LogP contribution < -0.4 is 4.74 Å². The Labute approximate surface area is 114 Å². The Hall–Kier alpha value is -1.10. The number of morpholine rings is 1. The molecule has 1 aliphatic heterocycles. The number of benzene rings is 1. The van der Waals surface area contributed by atoms with Gasteiger partial charge in [-0.05, 0) is 12.5 Å². The number of nitrogens with zero attached hydrogens (tertiary/aromatic N) is 1. The normalized spacial score (nSPS) is 18.2. The molecule has 1 fully saturated rings. The lowest BCUT2D eigenvalue weighted by atomic mass is 10.1. The SMILES string of the molecule is CC[C@@H](O)c1ccccc1OCCN1CCOCC1. The molecule has 1 aromatic carbocycles. The van der Waals surface area contributed by atoms with Crippen LogP contribution in [0.4, 0.5) is 0 Å². The van der Waals surface area contributed by atoms with E-state index in [9.17, 15) is 5.11 Å². The van der Waals surface area contributed by atoms with Gasteiger partial charge in [0.25, 0.3) is 0 Å². The fourth-order valence-corrected chi connectivity index (χ4v) is 2.22. The van der Waals surface area contributed by atoms with E-state index >= 15 is 0 Å². The highest BCUT2D eigenvalue weighted by molar-refractivity contribution is 5.34. The molecule has 4 heteroatoms. The van der Waals surface area contributed by atoms with Gasteiger partial charge in [-0.1, -0.05) is 25.1 Å². The summed E-state index contributed by atoms with van der Waals surface area (Å²) in [6, 6.07) is 7.73. The van der Waals surface area contributed by atoms with E-state index in [0.29, 0.717) is 13.0 Å². The number of ether oxygens (including phenoxy) is 2. The second kappa shape index (κ2) is 7.48. The third-order valence-electron chi connectivity index (χ3n) is 3.43. The lowest BCUT2D eigenvalue weighted by molar-refractivity contribution is 0.0320. The Bertz CT molecular complexity index is 377. The monoisotopic (exact) mass is 265 g/mol. The molecule has 0 amide bonds. The maximum absolute atomic E-state index is 9.95. The molecule has 1 aliphatic rings. The van der Waals surface area contributed by atoms with Crippen LogP contribution >= 0.6 is 0 Å². The van der Waals surface area contributed by atoms with E-state index in [1.54, 1.807) is 0 Å². The molecule has 1 atom stereocenters.